The molecule has 6 heteroatoms. The minimum atomic E-state index is -0.122. The number of nitrogens with zero attached hydrogens (tertiary/aromatic N) is 3. The van der Waals surface area contributed by atoms with Crippen LogP contribution in [0.4, 0.5) is 5.82 Å². The zero-order valence-corrected chi connectivity index (χ0v) is 14.3. The molecule has 0 radical (unpaired) electrons. The van der Waals surface area contributed by atoms with Gasteiger partial charge in [0.05, 0.1) is 13.1 Å². The van der Waals surface area contributed by atoms with Gasteiger partial charge in [0, 0.05) is 17.3 Å². The number of aromatic nitrogens is 2. The zero-order chi connectivity index (χ0) is 17.6. The Bertz CT molecular complexity index is 845. The van der Waals surface area contributed by atoms with Gasteiger partial charge in [0.25, 0.3) is 0 Å². The van der Waals surface area contributed by atoms with Gasteiger partial charge in [-0.25, -0.2) is 4.98 Å². The average Bonchev–Trinajstić information content (AvgIpc) is 3.03. The van der Waals surface area contributed by atoms with E-state index >= 15 is 0 Å². The van der Waals surface area contributed by atoms with E-state index in [0.717, 1.165) is 17.0 Å². The topological polar surface area (TPSA) is 71.3 Å². The summed E-state index contributed by atoms with van der Waals surface area (Å²) in [4.78, 5) is 18.2. The number of rotatable bonds is 6. The summed E-state index contributed by atoms with van der Waals surface area (Å²) in [7, 11) is 1.86. The summed E-state index contributed by atoms with van der Waals surface area (Å²) in [6.07, 6.45) is 0. The lowest BCUT2D eigenvalue weighted by Gasteiger charge is -2.14. The fourth-order valence-electron chi connectivity index (χ4n) is 2.49. The highest BCUT2D eigenvalue weighted by Crippen LogP contribution is 2.19. The molecule has 0 bridgehead atoms. The van der Waals surface area contributed by atoms with Crippen LogP contribution in [0.25, 0.3) is 11.3 Å². The van der Waals surface area contributed by atoms with Gasteiger partial charge >= 0.3 is 0 Å². The lowest BCUT2D eigenvalue weighted by Crippen LogP contribution is -2.30. The molecule has 0 saturated heterocycles. The molecule has 0 atom stereocenters. The number of amides is 1. The molecular weight excluding hydrogens is 316 g/mol. The molecule has 0 aliphatic rings. The summed E-state index contributed by atoms with van der Waals surface area (Å²) < 4.78 is 5.37. The fraction of sp³-hybridized carbons (Fsp3) is 0.211. The zero-order valence-electron chi connectivity index (χ0n) is 14.3. The standard InChI is InChI=1S/C19H20N4O2/c1-14-7-6-10-18(20-14)21-19(24)13-23(2)12-16-11-17(22-25-16)15-8-4-3-5-9-15/h3-11H,12-13H2,1-2H3,(H,20,21,24). The Morgan fingerprint density at radius 3 is 2.72 bits per heavy atom. The molecule has 25 heavy (non-hydrogen) atoms. The molecule has 0 aliphatic heterocycles. The third-order valence-electron chi connectivity index (χ3n) is 3.62. The van der Waals surface area contributed by atoms with Crippen LogP contribution in [-0.2, 0) is 11.3 Å². The van der Waals surface area contributed by atoms with Gasteiger partial charge < -0.3 is 9.84 Å². The smallest absolute Gasteiger partial charge is 0.239 e. The van der Waals surface area contributed by atoms with E-state index in [1.165, 1.54) is 0 Å². The van der Waals surface area contributed by atoms with E-state index in [4.69, 9.17) is 4.52 Å². The first-order valence-electron chi connectivity index (χ1n) is 8.03. The molecule has 0 spiro atoms. The van der Waals surface area contributed by atoms with Crippen molar-refractivity contribution in [2.45, 2.75) is 13.5 Å². The van der Waals surface area contributed by atoms with Gasteiger partial charge in [-0.15, -0.1) is 0 Å². The molecule has 0 unspecified atom stereocenters. The Kier molecular flexibility index (Phi) is 5.20. The summed E-state index contributed by atoms with van der Waals surface area (Å²) in [5, 5.41) is 6.88. The van der Waals surface area contributed by atoms with Crippen LogP contribution in [0.3, 0.4) is 0 Å². The van der Waals surface area contributed by atoms with Crippen molar-refractivity contribution in [2.24, 2.45) is 0 Å². The van der Waals surface area contributed by atoms with Crippen LogP contribution in [0.2, 0.25) is 0 Å². The molecule has 3 rings (SSSR count). The largest absolute Gasteiger partial charge is 0.359 e. The molecule has 6 nitrogen and oxygen atoms in total. The summed E-state index contributed by atoms with van der Waals surface area (Å²) >= 11 is 0. The minimum absolute atomic E-state index is 0.122. The van der Waals surface area contributed by atoms with Crippen LogP contribution >= 0.6 is 0 Å². The number of likely N-dealkylation sites (N-methyl/N-ethyl adjacent to an activating group) is 1. The predicted molar refractivity (Wildman–Crippen MR) is 95.9 cm³/mol. The maximum absolute atomic E-state index is 12.1. The second-order valence-corrected chi connectivity index (χ2v) is 5.93. The van der Waals surface area contributed by atoms with Crippen LogP contribution in [0, 0.1) is 6.92 Å². The summed E-state index contributed by atoms with van der Waals surface area (Å²) in [5.41, 5.74) is 2.65. The Morgan fingerprint density at radius 2 is 1.96 bits per heavy atom. The Balaban J connectivity index is 1.55. The van der Waals surface area contributed by atoms with E-state index in [1.54, 1.807) is 6.07 Å². The Hall–Kier alpha value is -2.99. The van der Waals surface area contributed by atoms with Crippen molar-refractivity contribution in [1.29, 1.82) is 0 Å². The molecule has 1 aromatic carbocycles. The van der Waals surface area contributed by atoms with E-state index < -0.39 is 0 Å². The summed E-state index contributed by atoms with van der Waals surface area (Å²) in [5.74, 6) is 1.15. The summed E-state index contributed by atoms with van der Waals surface area (Å²) in [6.45, 7) is 2.61. The second-order valence-electron chi connectivity index (χ2n) is 5.93. The van der Waals surface area contributed by atoms with E-state index in [-0.39, 0.29) is 12.5 Å². The van der Waals surface area contributed by atoms with Gasteiger partial charge in [-0.3, -0.25) is 9.69 Å². The first-order chi connectivity index (χ1) is 12.1. The highest BCUT2D eigenvalue weighted by atomic mass is 16.5. The van der Waals surface area contributed by atoms with Gasteiger partial charge in [-0.05, 0) is 26.1 Å². The molecule has 0 aliphatic carbocycles. The third kappa shape index (κ3) is 4.74. The maximum atomic E-state index is 12.1. The highest BCUT2D eigenvalue weighted by molar-refractivity contribution is 5.91. The van der Waals surface area contributed by atoms with Crippen LogP contribution < -0.4 is 5.32 Å². The summed E-state index contributed by atoms with van der Waals surface area (Å²) in [6, 6.07) is 17.2. The quantitative estimate of drug-likeness (QED) is 0.749. The number of hydrogen-bond donors (Lipinski definition) is 1. The number of aryl methyl sites for hydroxylation is 1. The molecule has 128 valence electrons. The van der Waals surface area contributed by atoms with Crippen molar-refractivity contribution in [1.82, 2.24) is 15.0 Å². The Morgan fingerprint density at radius 1 is 1.16 bits per heavy atom. The minimum Gasteiger partial charge on any atom is -0.359 e. The average molecular weight is 336 g/mol. The second kappa shape index (κ2) is 7.72. The van der Waals surface area contributed by atoms with Crippen LogP contribution in [-0.4, -0.2) is 34.5 Å². The maximum Gasteiger partial charge on any atom is 0.239 e. The monoisotopic (exact) mass is 336 g/mol. The number of anilines is 1. The number of carbonyl (C=O) groups is 1. The molecular formula is C19H20N4O2. The van der Waals surface area contributed by atoms with Gasteiger partial charge in [0.2, 0.25) is 5.91 Å². The van der Waals surface area contributed by atoms with Crippen molar-refractivity contribution in [2.75, 3.05) is 18.9 Å². The molecule has 2 heterocycles. The molecule has 1 N–H and O–H groups in total. The molecule has 0 saturated carbocycles. The molecule has 1 amide bonds. The van der Waals surface area contributed by atoms with E-state index in [1.807, 2.05) is 67.4 Å². The number of nitrogens with one attached hydrogen (secondary N) is 1. The lowest BCUT2D eigenvalue weighted by molar-refractivity contribution is -0.117. The van der Waals surface area contributed by atoms with Crippen LogP contribution in [0.5, 0.6) is 0 Å². The van der Waals surface area contributed by atoms with Gasteiger partial charge in [-0.2, -0.15) is 0 Å². The Labute approximate surface area is 146 Å². The van der Waals surface area contributed by atoms with Crippen LogP contribution in [0.1, 0.15) is 11.5 Å². The lowest BCUT2D eigenvalue weighted by atomic mass is 10.1. The van der Waals surface area contributed by atoms with E-state index in [9.17, 15) is 4.79 Å². The van der Waals surface area contributed by atoms with Crippen molar-refractivity contribution in [3.63, 3.8) is 0 Å². The van der Waals surface area contributed by atoms with Crippen molar-refractivity contribution >= 4 is 11.7 Å². The van der Waals surface area contributed by atoms with Crippen LogP contribution in [0.15, 0.2) is 59.1 Å². The van der Waals surface area contributed by atoms with Crippen molar-refractivity contribution < 1.29 is 9.32 Å². The highest BCUT2D eigenvalue weighted by Gasteiger charge is 2.12. The number of hydrogen-bond acceptors (Lipinski definition) is 5. The van der Waals surface area contributed by atoms with Gasteiger partial charge in [0.1, 0.15) is 11.5 Å². The fourth-order valence-corrected chi connectivity index (χ4v) is 2.49. The van der Waals surface area contributed by atoms with Crippen molar-refractivity contribution in [3.8, 4) is 11.3 Å². The molecule has 0 fully saturated rings. The normalized spacial score (nSPS) is 10.8. The van der Waals surface area contributed by atoms with Gasteiger partial charge in [0.15, 0.2) is 5.76 Å². The molecule has 3 aromatic rings. The number of pyridine rings is 1. The molecule has 2 aromatic heterocycles. The first kappa shape index (κ1) is 16.9. The third-order valence-corrected chi connectivity index (χ3v) is 3.62. The van der Waals surface area contributed by atoms with Crippen molar-refractivity contribution in [3.05, 3.63) is 66.1 Å². The SMILES string of the molecule is Cc1cccc(NC(=O)CN(C)Cc2cc(-c3ccccc3)no2)n1. The van der Waals surface area contributed by atoms with Gasteiger partial charge in [-0.1, -0.05) is 41.6 Å². The number of benzene rings is 1. The van der Waals surface area contributed by atoms with E-state index in [2.05, 4.69) is 15.5 Å². The predicted octanol–water partition coefficient (Wildman–Crippen LogP) is 3.12. The van der Waals surface area contributed by atoms with E-state index in [0.29, 0.717) is 18.1 Å². The number of carbonyl (C=O) groups excluding carboxylic acids is 1. The first-order valence-corrected chi connectivity index (χ1v) is 8.03.